The lowest BCUT2D eigenvalue weighted by Crippen LogP contribution is -2.26. The molecule has 1 aromatic heterocycles. The molecule has 0 atom stereocenters. The summed E-state index contributed by atoms with van der Waals surface area (Å²) < 4.78 is 8.23. The summed E-state index contributed by atoms with van der Waals surface area (Å²) in [4.78, 5) is 24.2. The number of ether oxygens (including phenoxy) is 1. The first-order chi connectivity index (χ1) is 9.69. The fourth-order valence-electron chi connectivity index (χ4n) is 2.20. The van der Waals surface area contributed by atoms with Gasteiger partial charge in [-0.3, -0.25) is 13.9 Å². The van der Waals surface area contributed by atoms with Crippen molar-refractivity contribution >= 4 is 5.78 Å². The molecule has 2 aromatic rings. The van der Waals surface area contributed by atoms with Crippen molar-refractivity contribution in [3.63, 3.8) is 0 Å². The van der Waals surface area contributed by atoms with Crippen LogP contribution in [0.15, 0.2) is 41.5 Å². The van der Waals surface area contributed by atoms with Crippen LogP contribution in [0.4, 0.5) is 0 Å². The number of imidazole rings is 1. The number of nitrogens with zero attached hydrogens (tertiary/aromatic N) is 2. The summed E-state index contributed by atoms with van der Waals surface area (Å²) in [7, 11) is 1.58. The number of rotatable bonds is 5. The SMILES string of the molecule is COc1ccc(C(=O)Cn2ccn(C3CC3)c2=O)cc1. The van der Waals surface area contributed by atoms with E-state index < -0.39 is 0 Å². The fraction of sp³-hybridized carbons (Fsp3) is 0.333. The number of Topliss-reactive ketones (excluding diaryl/α,β-unsaturated/α-hetero) is 1. The second-order valence-corrected chi connectivity index (χ2v) is 5.00. The molecular formula is C15H16N2O3. The second kappa shape index (κ2) is 5.00. The zero-order valence-corrected chi connectivity index (χ0v) is 11.3. The van der Waals surface area contributed by atoms with E-state index in [1.165, 1.54) is 4.57 Å². The van der Waals surface area contributed by atoms with Crippen LogP contribution < -0.4 is 10.4 Å². The summed E-state index contributed by atoms with van der Waals surface area (Å²) >= 11 is 0. The maximum atomic E-state index is 12.2. The Morgan fingerprint density at radius 1 is 1.25 bits per heavy atom. The highest BCUT2D eigenvalue weighted by molar-refractivity contribution is 5.95. The lowest BCUT2D eigenvalue weighted by Gasteiger charge is -2.03. The van der Waals surface area contributed by atoms with E-state index in [0.29, 0.717) is 17.4 Å². The monoisotopic (exact) mass is 272 g/mol. The number of carbonyl (C=O) groups is 1. The van der Waals surface area contributed by atoms with Crippen molar-refractivity contribution in [2.24, 2.45) is 0 Å². The molecule has 1 heterocycles. The predicted molar refractivity (Wildman–Crippen MR) is 74.3 cm³/mol. The van der Waals surface area contributed by atoms with Crippen LogP contribution in [0.25, 0.3) is 0 Å². The van der Waals surface area contributed by atoms with Gasteiger partial charge in [-0.25, -0.2) is 4.79 Å². The molecule has 104 valence electrons. The quantitative estimate of drug-likeness (QED) is 0.781. The van der Waals surface area contributed by atoms with E-state index >= 15 is 0 Å². The first-order valence-electron chi connectivity index (χ1n) is 6.63. The molecule has 0 N–H and O–H groups in total. The predicted octanol–water partition coefficient (Wildman–Crippen LogP) is 1.88. The molecule has 0 aliphatic heterocycles. The van der Waals surface area contributed by atoms with Crippen molar-refractivity contribution in [3.05, 3.63) is 52.7 Å². The molecule has 20 heavy (non-hydrogen) atoms. The Morgan fingerprint density at radius 2 is 1.95 bits per heavy atom. The van der Waals surface area contributed by atoms with Gasteiger partial charge in [0.2, 0.25) is 0 Å². The van der Waals surface area contributed by atoms with E-state index in [9.17, 15) is 9.59 Å². The van der Waals surface area contributed by atoms with Crippen molar-refractivity contribution in [1.82, 2.24) is 9.13 Å². The lowest BCUT2D eigenvalue weighted by atomic mass is 10.1. The molecule has 1 aliphatic rings. The van der Waals surface area contributed by atoms with E-state index in [1.54, 1.807) is 48.3 Å². The van der Waals surface area contributed by atoms with Crippen molar-refractivity contribution in [2.75, 3.05) is 7.11 Å². The van der Waals surface area contributed by atoms with Crippen molar-refractivity contribution in [1.29, 1.82) is 0 Å². The third-order valence-corrected chi connectivity index (χ3v) is 3.54. The molecule has 0 amide bonds. The molecule has 5 nitrogen and oxygen atoms in total. The van der Waals surface area contributed by atoms with E-state index in [0.717, 1.165) is 12.8 Å². The molecule has 1 aliphatic carbocycles. The summed E-state index contributed by atoms with van der Waals surface area (Å²) in [6.07, 6.45) is 5.55. The minimum atomic E-state index is -0.102. The van der Waals surface area contributed by atoms with Crippen LogP contribution in [0.3, 0.4) is 0 Å². The Morgan fingerprint density at radius 3 is 2.55 bits per heavy atom. The largest absolute Gasteiger partial charge is 0.497 e. The van der Waals surface area contributed by atoms with E-state index in [1.807, 2.05) is 0 Å². The van der Waals surface area contributed by atoms with Gasteiger partial charge >= 0.3 is 5.69 Å². The summed E-state index contributed by atoms with van der Waals surface area (Å²) in [5.74, 6) is 0.627. The molecule has 3 rings (SSSR count). The molecule has 1 fully saturated rings. The minimum absolute atomic E-state index is 0.0743. The van der Waals surface area contributed by atoms with Gasteiger partial charge in [-0.1, -0.05) is 0 Å². The zero-order chi connectivity index (χ0) is 14.1. The third-order valence-electron chi connectivity index (χ3n) is 3.54. The van der Waals surface area contributed by atoms with Crippen LogP contribution in [-0.4, -0.2) is 22.0 Å². The number of hydrogen-bond donors (Lipinski definition) is 0. The van der Waals surface area contributed by atoms with Gasteiger partial charge < -0.3 is 4.74 Å². The van der Waals surface area contributed by atoms with Gasteiger partial charge in [0.05, 0.1) is 13.7 Å². The number of methoxy groups -OCH3 is 1. The molecule has 5 heteroatoms. The normalized spacial score (nSPS) is 14.2. The highest BCUT2D eigenvalue weighted by atomic mass is 16.5. The molecule has 0 unspecified atom stereocenters. The molecule has 1 saturated carbocycles. The number of carbonyl (C=O) groups excluding carboxylic acids is 1. The Labute approximate surface area is 116 Å². The van der Waals surface area contributed by atoms with Crippen molar-refractivity contribution < 1.29 is 9.53 Å². The average molecular weight is 272 g/mol. The number of aromatic nitrogens is 2. The van der Waals surface area contributed by atoms with Gasteiger partial charge in [0, 0.05) is 24.0 Å². The van der Waals surface area contributed by atoms with Gasteiger partial charge in [-0.2, -0.15) is 0 Å². The van der Waals surface area contributed by atoms with Gasteiger partial charge in [0.25, 0.3) is 0 Å². The minimum Gasteiger partial charge on any atom is -0.497 e. The van der Waals surface area contributed by atoms with Gasteiger partial charge in [-0.05, 0) is 37.1 Å². The average Bonchev–Trinajstić information content (AvgIpc) is 3.25. The molecule has 0 saturated heterocycles. The van der Waals surface area contributed by atoms with Crippen molar-refractivity contribution in [2.45, 2.75) is 25.4 Å². The molecule has 0 spiro atoms. The maximum Gasteiger partial charge on any atom is 0.328 e. The molecule has 0 radical (unpaired) electrons. The first kappa shape index (κ1) is 12.7. The Balaban J connectivity index is 1.76. The second-order valence-electron chi connectivity index (χ2n) is 5.00. The molecular weight excluding hydrogens is 256 g/mol. The number of hydrogen-bond acceptors (Lipinski definition) is 3. The zero-order valence-electron chi connectivity index (χ0n) is 11.3. The fourth-order valence-corrected chi connectivity index (χ4v) is 2.20. The summed E-state index contributed by atoms with van der Waals surface area (Å²) in [5.41, 5.74) is 0.478. The number of ketones is 1. The van der Waals surface area contributed by atoms with Crippen LogP contribution >= 0.6 is 0 Å². The Bertz CT molecular complexity index is 678. The third kappa shape index (κ3) is 2.39. The highest BCUT2D eigenvalue weighted by Gasteiger charge is 2.25. The first-order valence-corrected chi connectivity index (χ1v) is 6.63. The van der Waals surface area contributed by atoms with Crippen LogP contribution in [0.2, 0.25) is 0 Å². The van der Waals surface area contributed by atoms with Gasteiger partial charge in [0.15, 0.2) is 5.78 Å². The van der Waals surface area contributed by atoms with Crippen LogP contribution in [0.1, 0.15) is 29.2 Å². The summed E-state index contributed by atoms with van der Waals surface area (Å²) in [6.45, 7) is 0.0743. The standard InChI is InChI=1S/C15H16N2O3/c1-20-13-6-2-11(3-7-13)14(18)10-16-8-9-17(15(16)19)12-4-5-12/h2-3,6-9,12H,4-5,10H2,1H3. The van der Waals surface area contributed by atoms with Gasteiger partial charge in [-0.15, -0.1) is 0 Å². The Kier molecular flexibility index (Phi) is 3.18. The van der Waals surface area contributed by atoms with Crippen LogP contribution in [0, 0.1) is 0 Å². The van der Waals surface area contributed by atoms with Gasteiger partial charge in [0.1, 0.15) is 5.75 Å². The number of benzene rings is 1. The van der Waals surface area contributed by atoms with Crippen LogP contribution in [-0.2, 0) is 6.54 Å². The molecule has 0 bridgehead atoms. The summed E-state index contributed by atoms with van der Waals surface area (Å²) in [6, 6.07) is 7.24. The topological polar surface area (TPSA) is 53.2 Å². The van der Waals surface area contributed by atoms with E-state index in [2.05, 4.69) is 0 Å². The van der Waals surface area contributed by atoms with E-state index in [-0.39, 0.29) is 18.0 Å². The molecule has 1 aromatic carbocycles. The van der Waals surface area contributed by atoms with Crippen LogP contribution in [0.5, 0.6) is 5.75 Å². The maximum absolute atomic E-state index is 12.2. The smallest absolute Gasteiger partial charge is 0.328 e. The Hall–Kier alpha value is -2.30. The lowest BCUT2D eigenvalue weighted by molar-refractivity contribution is 0.0970. The van der Waals surface area contributed by atoms with E-state index in [4.69, 9.17) is 4.74 Å². The van der Waals surface area contributed by atoms with Crippen molar-refractivity contribution in [3.8, 4) is 5.75 Å². The summed E-state index contributed by atoms with van der Waals surface area (Å²) in [5, 5.41) is 0. The highest BCUT2D eigenvalue weighted by Crippen LogP contribution is 2.33.